The van der Waals surface area contributed by atoms with Crippen LogP contribution < -0.4 is 10.1 Å². The molecule has 2 aromatic rings. The molecule has 4 nitrogen and oxygen atoms in total. The minimum Gasteiger partial charge on any atom is -0.491 e. The Kier molecular flexibility index (Phi) is 5.92. The third-order valence-electron chi connectivity index (χ3n) is 4.12. The van der Waals surface area contributed by atoms with E-state index in [2.05, 4.69) is 5.32 Å². The number of hydrogen-bond donors (Lipinski definition) is 1. The second kappa shape index (κ2) is 8.19. The minimum absolute atomic E-state index is 0.0924. The molecule has 0 aliphatic carbocycles. The van der Waals surface area contributed by atoms with Gasteiger partial charge in [-0.2, -0.15) is 13.2 Å². The molecule has 8 heteroatoms. The fraction of sp³-hybridized carbons (Fsp3) is 0.316. The van der Waals surface area contributed by atoms with Crippen molar-refractivity contribution in [2.75, 3.05) is 18.5 Å². The molecule has 27 heavy (non-hydrogen) atoms. The van der Waals surface area contributed by atoms with Crippen molar-refractivity contribution in [3.63, 3.8) is 0 Å². The maximum atomic E-state index is 12.7. The monoisotopic (exact) mass is 399 g/mol. The predicted octanol–water partition coefficient (Wildman–Crippen LogP) is 5.17. The van der Waals surface area contributed by atoms with Gasteiger partial charge in [-0.1, -0.05) is 11.6 Å². The summed E-state index contributed by atoms with van der Waals surface area (Å²) in [7, 11) is 0. The number of amides is 1. The van der Waals surface area contributed by atoms with E-state index in [9.17, 15) is 18.0 Å². The average molecular weight is 400 g/mol. The van der Waals surface area contributed by atoms with Crippen LogP contribution in [0.2, 0.25) is 5.02 Å². The molecule has 0 spiro atoms. The highest BCUT2D eigenvalue weighted by Gasteiger charge is 2.31. The summed E-state index contributed by atoms with van der Waals surface area (Å²) < 4.78 is 49.1. The summed E-state index contributed by atoms with van der Waals surface area (Å²) in [5, 5.41) is 2.32. The van der Waals surface area contributed by atoms with Gasteiger partial charge in [-0.3, -0.25) is 4.79 Å². The van der Waals surface area contributed by atoms with Crippen LogP contribution in [0.5, 0.6) is 5.75 Å². The first-order chi connectivity index (χ1) is 12.8. The van der Waals surface area contributed by atoms with E-state index in [1.54, 1.807) is 24.3 Å². The van der Waals surface area contributed by atoms with E-state index in [-0.39, 0.29) is 16.8 Å². The second-order valence-electron chi connectivity index (χ2n) is 6.12. The average Bonchev–Trinajstić information content (AvgIpc) is 3.15. The van der Waals surface area contributed by atoms with Crippen LogP contribution in [0.1, 0.15) is 28.8 Å². The fourth-order valence-electron chi connectivity index (χ4n) is 2.65. The third-order valence-corrected chi connectivity index (χ3v) is 4.43. The second-order valence-corrected chi connectivity index (χ2v) is 6.52. The number of ether oxygens (including phenoxy) is 2. The molecule has 2 aromatic carbocycles. The number of carbonyl (C=O) groups is 1. The lowest BCUT2D eigenvalue weighted by Gasteiger charge is -2.12. The highest BCUT2D eigenvalue weighted by atomic mass is 35.5. The van der Waals surface area contributed by atoms with E-state index in [0.717, 1.165) is 37.6 Å². The third kappa shape index (κ3) is 5.14. The Hall–Kier alpha value is -2.25. The molecule has 1 saturated heterocycles. The largest absolute Gasteiger partial charge is 0.491 e. The number of hydrogen-bond acceptors (Lipinski definition) is 3. The number of carbonyl (C=O) groups excluding carboxylic acids is 1. The van der Waals surface area contributed by atoms with Gasteiger partial charge in [0.25, 0.3) is 5.91 Å². The van der Waals surface area contributed by atoms with Crippen LogP contribution in [0.3, 0.4) is 0 Å². The zero-order chi connectivity index (χ0) is 19.4. The van der Waals surface area contributed by atoms with Crippen LogP contribution >= 0.6 is 11.6 Å². The van der Waals surface area contributed by atoms with Gasteiger partial charge in [0.1, 0.15) is 12.4 Å². The van der Waals surface area contributed by atoms with Crippen LogP contribution in [0.25, 0.3) is 0 Å². The van der Waals surface area contributed by atoms with E-state index in [4.69, 9.17) is 21.1 Å². The van der Waals surface area contributed by atoms with E-state index in [0.29, 0.717) is 17.9 Å². The Morgan fingerprint density at radius 2 is 1.96 bits per heavy atom. The van der Waals surface area contributed by atoms with E-state index in [1.807, 2.05) is 0 Å². The Balaban J connectivity index is 1.60. The molecule has 3 rings (SSSR count). The highest BCUT2D eigenvalue weighted by Crippen LogP contribution is 2.33. The molecule has 144 valence electrons. The molecule has 0 saturated carbocycles. The van der Waals surface area contributed by atoms with Crippen molar-refractivity contribution in [1.29, 1.82) is 0 Å². The number of anilines is 1. The molecule has 1 amide bonds. The highest BCUT2D eigenvalue weighted by molar-refractivity contribution is 6.34. The van der Waals surface area contributed by atoms with Gasteiger partial charge >= 0.3 is 6.18 Å². The van der Waals surface area contributed by atoms with Crippen molar-refractivity contribution in [3.05, 3.63) is 58.6 Å². The summed E-state index contributed by atoms with van der Waals surface area (Å²) >= 11 is 5.85. The van der Waals surface area contributed by atoms with Gasteiger partial charge in [-0.05, 0) is 55.3 Å². The molecule has 1 unspecified atom stereocenters. The predicted molar refractivity (Wildman–Crippen MR) is 95.3 cm³/mol. The first-order valence-corrected chi connectivity index (χ1v) is 8.73. The number of alkyl halides is 3. The fourth-order valence-corrected chi connectivity index (χ4v) is 2.88. The van der Waals surface area contributed by atoms with Crippen LogP contribution in [0.4, 0.5) is 18.9 Å². The first-order valence-electron chi connectivity index (χ1n) is 8.35. The summed E-state index contributed by atoms with van der Waals surface area (Å²) in [4.78, 5) is 12.3. The van der Waals surface area contributed by atoms with Gasteiger partial charge in [0.15, 0.2) is 0 Å². The lowest BCUT2D eigenvalue weighted by molar-refractivity contribution is -0.137. The normalized spacial score (nSPS) is 17.0. The topological polar surface area (TPSA) is 47.6 Å². The van der Waals surface area contributed by atoms with E-state index in [1.165, 1.54) is 0 Å². The van der Waals surface area contributed by atoms with Crippen LogP contribution in [-0.4, -0.2) is 25.2 Å². The summed E-state index contributed by atoms with van der Waals surface area (Å²) in [6.07, 6.45) is -2.41. The molecular formula is C19H17ClF3NO3. The number of rotatable bonds is 5. The molecule has 1 N–H and O–H groups in total. The Morgan fingerprint density at radius 3 is 2.56 bits per heavy atom. The summed E-state index contributed by atoms with van der Waals surface area (Å²) in [5.74, 6) is 0.122. The number of nitrogens with one attached hydrogen (secondary N) is 1. The summed E-state index contributed by atoms with van der Waals surface area (Å²) in [5.41, 5.74) is -0.443. The molecule has 1 heterocycles. The Morgan fingerprint density at radius 1 is 1.22 bits per heavy atom. The van der Waals surface area contributed by atoms with Crippen molar-refractivity contribution in [2.24, 2.45) is 0 Å². The van der Waals surface area contributed by atoms with Crippen molar-refractivity contribution in [3.8, 4) is 5.75 Å². The summed E-state index contributed by atoms with van der Waals surface area (Å²) in [6.45, 7) is 1.20. The van der Waals surface area contributed by atoms with Gasteiger partial charge in [-0.25, -0.2) is 0 Å². The molecule has 0 bridgehead atoms. The van der Waals surface area contributed by atoms with Crippen LogP contribution in [0.15, 0.2) is 42.5 Å². The standard InChI is InChI=1S/C19H17ClF3NO3/c20-16-10-13(19(21,22)23)5-8-17(16)24-18(25)12-3-6-14(7-4-12)27-11-15-2-1-9-26-15/h3-8,10,15H,1-2,9,11H2,(H,24,25). The van der Waals surface area contributed by atoms with Crippen molar-refractivity contribution >= 4 is 23.2 Å². The lowest BCUT2D eigenvalue weighted by Crippen LogP contribution is -2.16. The Labute approximate surface area is 159 Å². The smallest absolute Gasteiger partial charge is 0.416 e. The van der Waals surface area contributed by atoms with Gasteiger partial charge in [0.2, 0.25) is 0 Å². The minimum atomic E-state index is -4.49. The van der Waals surface area contributed by atoms with Crippen molar-refractivity contribution in [1.82, 2.24) is 0 Å². The first kappa shape index (κ1) is 19.5. The maximum absolute atomic E-state index is 12.7. The SMILES string of the molecule is O=C(Nc1ccc(C(F)(F)F)cc1Cl)c1ccc(OCC2CCCO2)cc1. The van der Waals surface area contributed by atoms with Crippen LogP contribution in [0, 0.1) is 0 Å². The summed E-state index contributed by atoms with van der Waals surface area (Å²) in [6, 6.07) is 9.21. The van der Waals surface area contributed by atoms with Gasteiger partial charge < -0.3 is 14.8 Å². The molecule has 0 aromatic heterocycles. The molecule has 1 atom stereocenters. The Bertz CT molecular complexity index is 803. The molecule has 0 radical (unpaired) electrons. The van der Waals surface area contributed by atoms with Crippen molar-refractivity contribution in [2.45, 2.75) is 25.1 Å². The lowest BCUT2D eigenvalue weighted by atomic mass is 10.1. The number of benzene rings is 2. The zero-order valence-electron chi connectivity index (χ0n) is 14.2. The van der Waals surface area contributed by atoms with Gasteiger partial charge in [0.05, 0.1) is 22.4 Å². The van der Waals surface area contributed by atoms with Gasteiger partial charge in [-0.15, -0.1) is 0 Å². The van der Waals surface area contributed by atoms with Gasteiger partial charge in [0, 0.05) is 12.2 Å². The molecule has 1 aliphatic rings. The van der Waals surface area contributed by atoms with E-state index >= 15 is 0 Å². The maximum Gasteiger partial charge on any atom is 0.416 e. The quantitative estimate of drug-likeness (QED) is 0.754. The van der Waals surface area contributed by atoms with Crippen molar-refractivity contribution < 1.29 is 27.4 Å². The van der Waals surface area contributed by atoms with E-state index < -0.39 is 17.6 Å². The number of halogens is 4. The molecule has 1 aliphatic heterocycles. The molecular weight excluding hydrogens is 383 g/mol. The van der Waals surface area contributed by atoms with Crippen LogP contribution in [-0.2, 0) is 10.9 Å². The molecule has 1 fully saturated rings. The zero-order valence-corrected chi connectivity index (χ0v) is 14.9.